The van der Waals surface area contributed by atoms with Crippen molar-refractivity contribution in [3.8, 4) is 0 Å². The number of benzene rings is 1. The lowest BCUT2D eigenvalue weighted by atomic mass is 9.98. The number of fused-ring (bicyclic) bond motifs is 1. The number of hydrogen-bond acceptors (Lipinski definition) is 3. The largest absolute Gasteiger partial charge is 0.478 e. The maximum Gasteiger partial charge on any atom is 0.336 e. The molecule has 1 atom stereocenters. The molecule has 0 spiro atoms. The first-order valence-corrected chi connectivity index (χ1v) is 7.87. The van der Waals surface area contributed by atoms with E-state index >= 15 is 0 Å². The first-order chi connectivity index (χ1) is 10.5. The summed E-state index contributed by atoms with van der Waals surface area (Å²) >= 11 is 0. The predicted molar refractivity (Wildman–Crippen MR) is 83.6 cm³/mol. The number of aryl methyl sites for hydroxylation is 1. The molecular formula is C17H23NO4. The molecule has 5 nitrogen and oxygen atoms in total. The summed E-state index contributed by atoms with van der Waals surface area (Å²) in [5.41, 5.74) is 1.75. The highest BCUT2D eigenvalue weighted by atomic mass is 16.4. The summed E-state index contributed by atoms with van der Waals surface area (Å²) in [6.45, 7) is 6.21. The van der Waals surface area contributed by atoms with E-state index in [9.17, 15) is 19.8 Å². The third kappa shape index (κ3) is 3.14. The third-order valence-electron chi connectivity index (χ3n) is 4.25. The summed E-state index contributed by atoms with van der Waals surface area (Å²) < 4.78 is 0. The summed E-state index contributed by atoms with van der Waals surface area (Å²) in [7, 11) is 0. The van der Waals surface area contributed by atoms with Crippen molar-refractivity contribution in [2.45, 2.75) is 45.6 Å². The normalized spacial score (nSPS) is 16.8. The van der Waals surface area contributed by atoms with Crippen LogP contribution in [0.25, 0.3) is 0 Å². The third-order valence-corrected chi connectivity index (χ3v) is 4.25. The van der Waals surface area contributed by atoms with Gasteiger partial charge < -0.3 is 10.2 Å². The molecule has 22 heavy (non-hydrogen) atoms. The average Bonchev–Trinajstić information content (AvgIpc) is 2.88. The van der Waals surface area contributed by atoms with Crippen LogP contribution in [0.3, 0.4) is 0 Å². The minimum Gasteiger partial charge on any atom is -0.478 e. The van der Waals surface area contributed by atoms with Crippen LogP contribution in [0.4, 0.5) is 0 Å². The summed E-state index contributed by atoms with van der Waals surface area (Å²) in [6.07, 6.45) is 3.83. The lowest BCUT2D eigenvalue weighted by Gasteiger charge is -2.29. The Bertz CT molecular complexity index is 576. The maximum atomic E-state index is 11.4. The van der Waals surface area contributed by atoms with Gasteiger partial charge >= 0.3 is 11.9 Å². The zero-order valence-electron chi connectivity index (χ0n) is 13.1. The molecule has 0 bridgehead atoms. The van der Waals surface area contributed by atoms with Gasteiger partial charge in [-0.05, 0) is 62.0 Å². The van der Waals surface area contributed by atoms with Crippen LogP contribution < -0.4 is 0 Å². The van der Waals surface area contributed by atoms with Gasteiger partial charge in [0.15, 0.2) is 0 Å². The van der Waals surface area contributed by atoms with E-state index in [-0.39, 0.29) is 17.2 Å². The van der Waals surface area contributed by atoms with E-state index in [1.54, 1.807) is 12.1 Å². The number of nitrogens with zero attached hydrogens (tertiary/aromatic N) is 1. The van der Waals surface area contributed by atoms with Crippen LogP contribution in [0, 0.1) is 0 Å². The van der Waals surface area contributed by atoms with Gasteiger partial charge in [-0.2, -0.15) is 0 Å². The molecule has 2 rings (SSSR count). The van der Waals surface area contributed by atoms with Crippen LogP contribution in [0.2, 0.25) is 0 Å². The van der Waals surface area contributed by atoms with Crippen molar-refractivity contribution in [2.24, 2.45) is 0 Å². The maximum absolute atomic E-state index is 11.4. The number of rotatable bonds is 7. The number of carboxylic acids is 2. The number of carbonyl (C=O) groups is 2. The molecule has 0 amide bonds. The molecule has 2 N–H and O–H groups in total. The molecule has 0 heterocycles. The van der Waals surface area contributed by atoms with Gasteiger partial charge in [-0.3, -0.25) is 4.90 Å². The Labute approximate surface area is 130 Å². The second-order valence-corrected chi connectivity index (χ2v) is 5.80. The summed E-state index contributed by atoms with van der Waals surface area (Å²) in [6, 6.07) is 3.34. The van der Waals surface area contributed by atoms with Crippen molar-refractivity contribution in [1.29, 1.82) is 0 Å². The molecule has 0 aliphatic heterocycles. The van der Waals surface area contributed by atoms with Crippen molar-refractivity contribution in [2.75, 3.05) is 13.1 Å². The van der Waals surface area contributed by atoms with Gasteiger partial charge in [-0.1, -0.05) is 13.8 Å². The molecule has 120 valence electrons. The Morgan fingerprint density at radius 2 is 1.64 bits per heavy atom. The Morgan fingerprint density at radius 3 is 2.14 bits per heavy atom. The molecule has 0 radical (unpaired) electrons. The van der Waals surface area contributed by atoms with E-state index in [0.29, 0.717) is 0 Å². The van der Waals surface area contributed by atoms with E-state index in [0.717, 1.165) is 49.9 Å². The molecule has 0 fully saturated rings. The second kappa shape index (κ2) is 6.92. The Balaban J connectivity index is 2.44. The van der Waals surface area contributed by atoms with Crippen molar-refractivity contribution in [1.82, 2.24) is 4.90 Å². The molecule has 1 aliphatic rings. The van der Waals surface area contributed by atoms with Gasteiger partial charge in [0.1, 0.15) is 0 Å². The Hall–Kier alpha value is -1.88. The fourth-order valence-corrected chi connectivity index (χ4v) is 3.37. The van der Waals surface area contributed by atoms with Crippen molar-refractivity contribution < 1.29 is 19.8 Å². The highest BCUT2D eigenvalue weighted by Crippen LogP contribution is 2.37. The summed E-state index contributed by atoms with van der Waals surface area (Å²) in [5.74, 6) is -2.36. The van der Waals surface area contributed by atoms with Gasteiger partial charge in [-0.25, -0.2) is 9.59 Å². The lowest BCUT2D eigenvalue weighted by molar-refractivity contribution is 0.0651. The first-order valence-electron chi connectivity index (χ1n) is 7.87. The number of aromatic carboxylic acids is 2. The average molecular weight is 305 g/mol. The SMILES string of the molecule is CCCN(CCC)C1CCc2cc(C(=O)O)c(C(=O)O)cc21. The predicted octanol–water partition coefficient (Wildman–Crippen LogP) is 3.19. The van der Waals surface area contributed by atoms with E-state index in [1.807, 2.05) is 0 Å². The zero-order valence-corrected chi connectivity index (χ0v) is 13.1. The van der Waals surface area contributed by atoms with E-state index in [4.69, 9.17) is 0 Å². The molecule has 1 aromatic carbocycles. The van der Waals surface area contributed by atoms with Gasteiger partial charge in [0, 0.05) is 6.04 Å². The van der Waals surface area contributed by atoms with Crippen LogP contribution in [0.1, 0.15) is 71.0 Å². The lowest BCUT2D eigenvalue weighted by Crippen LogP contribution is -2.29. The summed E-state index contributed by atoms with van der Waals surface area (Å²) in [4.78, 5) is 25.0. The fraction of sp³-hybridized carbons (Fsp3) is 0.529. The van der Waals surface area contributed by atoms with Crippen LogP contribution in [0.15, 0.2) is 12.1 Å². The number of hydrogen-bond donors (Lipinski definition) is 2. The van der Waals surface area contributed by atoms with Crippen LogP contribution in [-0.2, 0) is 6.42 Å². The van der Waals surface area contributed by atoms with Gasteiger partial charge in [-0.15, -0.1) is 0 Å². The van der Waals surface area contributed by atoms with Crippen molar-refractivity contribution in [3.63, 3.8) is 0 Å². The van der Waals surface area contributed by atoms with E-state index in [2.05, 4.69) is 18.7 Å². The van der Waals surface area contributed by atoms with Gasteiger partial charge in [0.25, 0.3) is 0 Å². The zero-order chi connectivity index (χ0) is 16.3. The Kier molecular flexibility index (Phi) is 5.19. The molecule has 0 saturated heterocycles. The molecule has 1 unspecified atom stereocenters. The first kappa shape index (κ1) is 16.5. The minimum absolute atomic E-state index is 0.105. The smallest absolute Gasteiger partial charge is 0.336 e. The molecule has 5 heteroatoms. The van der Waals surface area contributed by atoms with Crippen molar-refractivity contribution in [3.05, 3.63) is 34.4 Å². The standard InChI is InChI=1S/C17H23NO4/c1-3-7-18(8-4-2)15-6-5-11-9-13(16(19)20)14(17(21)22)10-12(11)15/h9-10,15H,3-8H2,1-2H3,(H,19,20)(H,21,22). The van der Waals surface area contributed by atoms with Crippen LogP contribution >= 0.6 is 0 Å². The van der Waals surface area contributed by atoms with Crippen LogP contribution in [-0.4, -0.2) is 40.1 Å². The van der Waals surface area contributed by atoms with Crippen LogP contribution in [0.5, 0.6) is 0 Å². The highest BCUT2D eigenvalue weighted by Gasteiger charge is 2.30. The molecule has 0 saturated carbocycles. The Morgan fingerprint density at radius 1 is 1.09 bits per heavy atom. The minimum atomic E-state index is -1.18. The molecule has 1 aromatic rings. The second-order valence-electron chi connectivity index (χ2n) is 5.80. The van der Waals surface area contributed by atoms with Gasteiger partial charge in [0.2, 0.25) is 0 Å². The fourth-order valence-electron chi connectivity index (χ4n) is 3.37. The van der Waals surface area contributed by atoms with E-state index < -0.39 is 11.9 Å². The number of carboxylic acid groups (broad SMARTS) is 2. The summed E-state index contributed by atoms with van der Waals surface area (Å²) in [5, 5.41) is 18.5. The highest BCUT2D eigenvalue weighted by molar-refractivity contribution is 6.02. The van der Waals surface area contributed by atoms with Crippen molar-refractivity contribution >= 4 is 11.9 Å². The molecule has 0 aromatic heterocycles. The molecule has 1 aliphatic carbocycles. The quantitative estimate of drug-likeness (QED) is 0.809. The molecular weight excluding hydrogens is 282 g/mol. The van der Waals surface area contributed by atoms with E-state index in [1.165, 1.54) is 0 Å². The monoisotopic (exact) mass is 305 g/mol. The van der Waals surface area contributed by atoms with Gasteiger partial charge in [0.05, 0.1) is 11.1 Å². The topological polar surface area (TPSA) is 77.8 Å².